The molecule has 13 heteroatoms. The number of amides is 1. The lowest BCUT2D eigenvalue weighted by Crippen LogP contribution is -2.47. The normalized spacial score (nSPS) is 16.5. The lowest BCUT2D eigenvalue weighted by Gasteiger charge is -2.29. The molecule has 1 N–H and O–H groups in total. The molecule has 1 amide bonds. The van der Waals surface area contributed by atoms with Gasteiger partial charge in [0.2, 0.25) is 5.91 Å². The van der Waals surface area contributed by atoms with E-state index in [1.165, 1.54) is 18.2 Å². The molecule has 0 unspecified atom stereocenters. The molecule has 2 aliphatic rings. The molecule has 2 aromatic carbocycles. The number of hydrogen-bond acceptors (Lipinski definition) is 5. The summed E-state index contributed by atoms with van der Waals surface area (Å²) in [5.74, 6) is 4.64. The number of alkyl halides is 2. The van der Waals surface area contributed by atoms with E-state index in [9.17, 15) is 18.4 Å². The van der Waals surface area contributed by atoms with Crippen LogP contribution in [0.5, 0.6) is 0 Å². The number of aromatic nitrogens is 2. The van der Waals surface area contributed by atoms with Crippen LogP contribution in [0, 0.1) is 23.1 Å². The number of nitrogens with one attached hydrogen (secondary N) is 1. The van der Waals surface area contributed by atoms with Crippen LogP contribution in [0.2, 0.25) is 0 Å². The van der Waals surface area contributed by atoms with Crippen molar-refractivity contribution in [1.29, 1.82) is 0 Å². The van der Waals surface area contributed by atoms with Crippen LogP contribution < -0.4 is 15.9 Å². The summed E-state index contributed by atoms with van der Waals surface area (Å²) < 4.78 is 48.7. The average Bonchev–Trinajstić information content (AvgIpc) is 3.71. The van der Waals surface area contributed by atoms with E-state index >= 15 is 4.39 Å². The summed E-state index contributed by atoms with van der Waals surface area (Å²) in [4.78, 5) is 31.4. The van der Waals surface area contributed by atoms with Crippen molar-refractivity contribution in [3.05, 3.63) is 63.8 Å². The molecule has 3 aromatic rings. The number of anilines is 2. The number of halogens is 3. The smallest absolute Gasteiger partial charge is 0.348 e. The van der Waals surface area contributed by atoms with Crippen molar-refractivity contribution in [2.24, 2.45) is 5.41 Å². The summed E-state index contributed by atoms with van der Waals surface area (Å²) in [6, 6.07) is 9.34. The highest BCUT2D eigenvalue weighted by Gasteiger charge is 2.58. The minimum Gasteiger partial charge on any atom is -0.375 e. The molecule has 0 bridgehead atoms. The molecule has 1 aromatic heterocycles. The summed E-state index contributed by atoms with van der Waals surface area (Å²) in [6.45, 7) is 3.84. The maximum absolute atomic E-state index is 15.3. The zero-order valence-corrected chi connectivity index (χ0v) is 22.5. The number of rotatable bonds is 5. The van der Waals surface area contributed by atoms with Gasteiger partial charge in [-0.05, 0) is 51.0 Å². The number of benzene rings is 2. The Morgan fingerprint density at radius 3 is 2.54 bits per heavy atom. The van der Waals surface area contributed by atoms with E-state index in [4.69, 9.17) is 28.3 Å². The molecule has 1 aliphatic carbocycles. The van der Waals surface area contributed by atoms with Gasteiger partial charge < -0.3 is 19.5 Å². The Morgan fingerprint density at radius 2 is 1.88 bits per heavy atom. The van der Waals surface area contributed by atoms with Crippen LogP contribution in [0.1, 0.15) is 37.8 Å². The third-order valence-corrected chi connectivity index (χ3v) is 7.23. The third kappa shape index (κ3) is 5.37. The first-order valence-corrected chi connectivity index (χ1v) is 12.9. The molecule has 2 heterocycles. The van der Waals surface area contributed by atoms with Gasteiger partial charge in [0.25, 0.3) is 6.43 Å². The topological polar surface area (TPSA) is 76.5 Å². The molecule has 1 aliphatic heterocycles. The van der Waals surface area contributed by atoms with Gasteiger partial charge >= 0.3 is 5.69 Å². The van der Waals surface area contributed by atoms with E-state index in [0.717, 1.165) is 4.57 Å². The molecule has 1 saturated carbocycles. The first-order valence-electron chi connectivity index (χ1n) is 12.9. The van der Waals surface area contributed by atoms with Gasteiger partial charge in [-0.2, -0.15) is 4.98 Å². The molecule has 0 spiro atoms. The van der Waals surface area contributed by atoms with Crippen molar-refractivity contribution < 1.29 is 22.7 Å². The van der Waals surface area contributed by atoms with Crippen LogP contribution in [0.3, 0.4) is 0 Å². The Bertz CT molecular complexity index is 1660. The first-order chi connectivity index (χ1) is 19.2. The van der Waals surface area contributed by atoms with Gasteiger partial charge in [0.1, 0.15) is 11.2 Å². The van der Waals surface area contributed by atoms with Gasteiger partial charge in [0.05, 0.1) is 53.2 Å². The fraction of sp³-hybridized carbons (Fsp3) is 0.393. The lowest BCUT2D eigenvalue weighted by atomic mass is 9.49. The van der Waals surface area contributed by atoms with Gasteiger partial charge in [-0.25, -0.2) is 18.0 Å². The van der Waals surface area contributed by atoms with Gasteiger partial charge in [-0.1, -0.05) is 29.2 Å². The Hall–Kier alpha value is -3.65. The van der Waals surface area contributed by atoms with Crippen molar-refractivity contribution in [2.45, 2.75) is 50.5 Å². The zero-order chi connectivity index (χ0) is 29.7. The molecule has 0 atom stereocenters. The van der Waals surface area contributed by atoms with E-state index in [-0.39, 0.29) is 49.3 Å². The standard InChI is InChI=1S/C28H24B3F3N4O3/c1-26(2,36-24(39)27(11-12-27)23(33)34)10-9-16-5-3-7-19-17(16)15-41-14-13-37(19)22-21-18(32)6-4-8-20(21)38(25(40)35-22)28(29,30)31/h3-8,23H,11-15H2,1-2H3,(H,36,39). The molecule has 7 nitrogen and oxygen atoms in total. The maximum atomic E-state index is 15.3. The van der Waals surface area contributed by atoms with E-state index in [1.54, 1.807) is 36.9 Å². The number of ether oxygens (including phenoxy) is 1. The van der Waals surface area contributed by atoms with Crippen LogP contribution in [-0.2, 0) is 21.4 Å². The van der Waals surface area contributed by atoms with E-state index in [1.807, 2.05) is 0 Å². The number of carbonyl (C=O) groups is 1. The van der Waals surface area contributed by atoms with Crippen molar-refractivity contribution in [1.82, 2.24) is 14.9 Å². The maximum Gasteiger partial charge on any atom is 0.348 e. The largest absolute Gasteiger partial charge is 0.375 e. The van der Waals surface area contributed by atoms with Crippen molar-refractivity contribution in [2.75, 3.05) is 18.1 Å². The molecule has 41 heavy (non-hydrogen) atoms. The summed E-state index contributed by atoms with van der Waals surface area (Å²) in [6.07, 6.45) is -2.47. The summed E-state index contributed by atoms with van der Waals surface area (Å²) in [5.41, 5.74) is -1.83. The van der Waals surface area contributed by atoms with E-state index in [0.29, 0.717) is 16.8 Å². The summed E-state index contributed by atoms with van der Waals surface area (Å²) in [5, 5.41) is 0.488. The van der Waals surface area contributed by atoms with Crippen LogP contribution >= 0.6 is 0 Å². The molecule has 204 valence electrons. The van der Waals surface area contributed by atoms with Gasteiger partial charge in [-0.3, -0.25) is 4.79 Å². The molecule has 5 rings (SSSR count). The third-order valence-electron chi connectivity index (χ3n) is 7.23. The monoisotopic (exact) mass is 554 g/mol. The highest BCUT2D eigenvalue weighted by Crippen LogP contribution is 2.51. The second kappa shape index (κ2) is 10.3. The number of nitrogens with zero attached hydrogens (tertiary/aromatic N) is 3. The van der Waals surface area contributed by atoms with Crippen LogP contribution in [0.25, 0.3) is 10.9 Å². The number of hydrogen-bond donors (Lipinski definition) is 1. The van der Waals surface area contributed by atoms with Crippen LogP contribution in [0.4, 0.5) is 24.7 Å². The SMILES string of the molecule is [B]C([B])([B])n1c(=O)nc(N2CCOCc3c(C#CC(C)(C)NC(=O)C4(C(F)F)CC4)cccc32)c2c(F)cccc21. The van der Waals surface area contributed by atoms with Crippen LogP contribution in [-0.4, -0.2) is 64.1 Å². The minimum atomic E-state index is -2.74. The fourth-order valence-corrected chi connectivity index (χ4v) is 4.90. The molecule has 1 fully saturated rings. The minimum absolute atomic E-state index is 0.0148. The van der Waals surface area contributed by atoms with E-state index in [2.05, 4.69) is 22.1 Å². The molecular weight excluding hydrogens is 530 g/mol. The predicted octanol–water partition coefficient (Wildman–Crippen LogP) is 2.57. The highest BCUT2D eigenvalue weighted by molar-refractivity contribution is 6.56. The first kappa shape index (κ1) is 28.9. The van der Waals surface area contributed by atoms with E-state index < -0.39 is 40.0 Å². The molecule has 6 radical (unpaired) electrons. The Morgan fingerprint density at radius 1 is 1.17 bits per heavy atom. The molecular formula is C28H24B3F3N4O3. The van der Waals surface area contributed by atoms with Crippen LogP contribution in [0.15, 0.2) is 41.2 Å². The predicted molar refractivity (Wildman–Crippen MR) is 151 cm³/mol. The molecule has 0 saturated heterocycles. The average molecular weight is 554 g/mol. The summed E-state index contributed by atoms with van der Waals surface area (Å²) >= 11 is 0. The fourth-order valence-electron chi connectivity index (χ4n) is 4.90. The summed E-state index contributed by atoms with van der Waals surface area (Å²) in [7, 11) is 17.4. The Balaban J connectivity index is 1.57. The van der Waals surface area contributed by atoms with Gasteiger partial charge in [0.15, 0.2) is 5.82 Å². The van der Waals surface area contributed by atoms with Crippen molar-refractivity contribution in [3.63, 3.8) is 0 Å². The second-order valence-electron chi connectivity index (χ2n) is 10.9. The number of carbonyl (C=O) groups excluding carboxylic acids is 1. The lowest BCUT2D eigenvalue weighted by molar-refractivity contribution is -0.133. The Labute approximate surface area is 239 Å². The highest BCUT2D eigenvalue weighted by atomic mass is 19.3. The van der Waals surface area contributed by atoms with Gasteiger partial charge in [0, 0.05) is 23.4 Å². The zero-order valence-electron chi connectivity index (χ0n) is 22.5. The second-order valence-corrected chi connectivity index (χ2v) is 10.9. The van der Waals surface area contributed by atoms with Gasteiger partial charge in [-0.15, -0.1) is 0 Å². The van der Waals surface area contributed by atoms with Crippen molar-refractivity contribution in [3.8, 4) is 11.8 Å². The van der Waals surface area contributed by atoms with Crippen molar-refractivity contribution >= 4 is 51.9 Å². The number of fused-ring (bicyclic) bond motifs is 2. The Kier molecular flexibility index (Phi) is 7.27. The quantitative estimate of drug-likeness (QED) is 0.388.